The van der Waals surface area contributed by atoms with Crippen LogP contribution in [0.25, 0.3) is 5.69 Å². The van der Waals surface area contributed by atoms with E-state index in [2.05, 4.69) is 12.0 Å². The molecule has 1 fully saturated rings. The van der Waals surface area contributed by atoms with E-state index in [1.54, 1.807) is 16.6 Å². The van der Waals surface area contributed by atoms with Crippen LogP contribution in [-0.4, -0.2) is 26.7 Å². The summed E-state index contributed by atoms with van der Waals surface area (Å²) in [6, 6.07) is 19.1. The number of para-hydroxylation sites is 2. The molecule has 0 aliphatic carbocycles. The van der Waals surface area contributed by atoms with Crippen LogP contribution in [0, 0.1) is 6.92 Å². The third-order valence-corrected chi connectivity index (χ3v) is 5.32. The molecule has 2 unspecified atom stereocenters. The molecule has 4 rings (SSSR count). The first-order valence-electron chi connectivity index (χ1n) is 9.50. The lowest BCUT2D eigenvalue weighted by atomic mass is 10.0. The summed E-state index contributed by atoms with van der Waals surface area (Å²) in [5, 5.41) is 6.92. The van der Waals surface area contributed by atoms with Crippen LogP contribution < -0.4 is 10.6 Å². The molecular weight excluding hydrogens is 352 g/mol. The number of carbonyl (C=O) groups is 1. The lowest BCUT2D eigenvalue weighted by Gasteiger charge is -2.34. The van der Waals surface area contributed by atoms with Crippen molar-refractivity contribution in [2.24, 2.45) is 0 Å². The first kappa shape index (κ1) is 18.1. The van der Waals surface area contributed by atoms with Crippen molar-refractivity contribution in [3.05, 3.63) is 82.3 Å². The smallest absolute Gasteiger partial charge is 0.276 e. The normalized spacial score (nSPS) is 19.2. The van der Waals surface area contributed by atoms with Crippen LogP contribution in [-0.2, 0) is 4.79 Å². The van der Waals surface area contributed by atoms with Gasteiger partial charge < -0.3 is 0 Å². The van der Waals surface area contributed by atoms with E-state index in [1.165, 1.54) is 0 Å². The van der Waals surface area contributed by atoms with Crippen molar-refractivity contribution in [1.29, 1.82) is 0 Å². The summed E-state index contributed by atoms with van der Waals surface area (Å²) in [6.07, 6.45) is 0.692. The van der Waals surface area contributed by atoms with Gasteiger partial charge >= 0.3 is 0 Å². The van der Waals surface area contributed by atoms with E-state index >= 15 is 0 Å². The van der Waals surface area contributed by atoms with Gasteiger partial charge in [0.15, 0.2) is 0 Å². The van der Waals surface area contributed by atoms with E-state index in [-0.39, 0.29) is 23.6 Å². The van der Waals surface area contributed by atoms with Gasteiger partial charge in [0.1, 0.15) is 0 Å². The number of hydrogen-bond acceptors (Lipinski definition) is 3. The number of amides is 1. The molecular formula is C22H24N4O2. The number of aromatic nitrogens is 2. The highest BCUT2D eigenvalue weighted by Crippen LogP contribution is 2.39. The second-order valence-corrected chi connectivity index (χ2v) is 7.27. The van der Waals surface area contributed by atoms with Crippen LogP contribution in [0.1, 0.15) is 37.6 Å². The molecule has 0 spiro atoms. The lowest BCUT2D eigenvalue weighted by molar-refractivity contribution is -0.130. The molecule has 6 heteroatoms. The molecule has 2 heterocycles. The van der Waals surface area contributed by atoms with Crippen molar-refractivity contribution < 1.29 is 4.79 Å². The van der Waals surface area contributed by atoms with Crippen LogP contribution in [0.4, 0.5) is 5.69 Å². The predicted molar refractivity (Wildman–Crippen MR) is 109 cm³/mol. The third-order valence-electron chi connectivity index (χ3n) is 5.32. The molecule has 1 aliphatic rings. The number of nitrogens with one attached hydrogen (secondary N) is 1. The van der Waals surface area contributed by atoms with Crippen molar-refractivity contribution in [3.63, 3.8) is 0 Å². The highest BCUT2D eigenvalue weighted by molar-refractivity contribution is 5.77. The Kier molecular flexibility index (Phi) is 4.55. The standard InChI is InChI=1S/C22H24N4O2/c1-15-14-20(26(17(3)27)25(15)19-12-8-5-9-13-19)21-16(2)23-24(22(21)28)18-10-6-4-7-11-18/h4-13,15,20,23H,14H2,1-3H3. The zero-order chi connectivity index (χ0) is 19.8. The Bertz CT molecular complexity index is 1040. The average molecular weight is 376 g/mol. The first-order chi connectivity index (χ1) is 13.5. The zero-order valence-corrected chi connectivity index (χ0v) is 16.3. The number of aromatic amines is 1. The van der Waals surface area contributed by atoms with E-state index in [1.807, 2.05) is 72.6 Å². The summed E-state index contributed by atoms with van der Waals surface area (Å²) in [5.74, 6) is -0.0792. The van der Waals surface area contributed by atoms with Gasteiger partial charge in [-0.25, -0.2) is 9.69 Å². The average Bonchev–Trinajstić information content (AvgIpc) is 3.19. The number of benzene rings is 2. The van der Waals surface area contributed by atoms with Crippen molar-refractivity contribution in [1.82, 2.24) is 14.8 Å². The minimum Gasteiger partial charge on any atom is -0.295 e. The predicted octanol–water partition coefficient (Wildman–Crippen LogP) is 3.58. The summed E-state index contributed by atoms with van der Waals surface area (Å²) in [4.78, 5) is 25.9. The molecule has 0 saturated carbocycles. The van der Waals surface area contributed by atoms with Crippen molar-refractivity contribution in [2.75, 3.05) is 5.01 Å². The number of hydrogen-bond donors (Lipinski definition) is 1. The summed E-state index contributed by atoms with van der Waals surface area (Å²) >= 11 is 0. The molecule has 144 valence electrons. The molecule has 0 radical (unpaired) electrons. The Morgan fingerprint density at radius 1 is 1.00 bits per heavy atom. The molecule has 1 N–H and O–H groups in total. The number of aryl methyl sites for hydroxylation is 1. The van der Waals surface area contributed by atoms with Crippen LogP contribution in [0.15, 0.2) is 65.5 Å². The largest absolute Gasteiger partial charge is 0.295 e. The molecule has 6 nitrogen and oxygen atoms in total. The molecule has 28 heavy (non-hydrogen) atoms. The van der Waals surface area contributed by atoms with E-state index in [9.17, 15) is 9.59 Å². The lowest BCUT2D eigenvalue weighted by Crippen LogP contribution is -2.44. The fraction of sp³-hybridized carbons (Fsp3) is 0.273. The van der Waals surface area contributed by atoms with Gasteiger partial charge in [-0.2, -0.15) is 0 Å². The Morgan fingerprint density at radius 3 is 2.14 bits per heavy atom. The maximum atomic E-state index is 13.3. The molecule has 2 aromatic carbocycles. The van der Waals surface area contributed by atoms with Crippen molar-refractivity contribution >= 4 is 11.6 Å². The van der Waals surface area contributed by atoms with E-state index in [0.29, 0.717) is 12.0 Å². The molecule has 0 bridgehead atoms. The van der Waals surface area contributed by atoms with Gasteiger partial charge in [-0.1, -0.05) is 36.4 Å². The second kappa shape index (κ2) is 7.03. The van der Waals surface area contributed by atoms with E-state index < -0.39 is 0 Å². The van der Waals surface area contributed by atoms with Gasteiger partial charge in [0, 0.05) is 12.6 Å². The van der Waals surface area contributed by atoms with Crippen molar-refractivity contribution in [2.45, 2.75) is 39.3 Å². The number of rotatable bonds is 3. The molecule has 1 amide bonds. The van der Waals surface area contributed by atoms with Gasteiger partial charge in [0.2, 0.25) is 5.91 Å². The Morgan fingerprint density at radius 2 is 1.57 bits per heavy atom. The fourth-order valence-corrected chi connectivity index (χ4v) is 4.17. The topological polar surface area (TPSA) is 61.3 Å². The van der Waals surface area contributed by atoms with E-state index in [4.69, 9.17) is 0 Å². The maximum Gasteiger partial charge on any atom is 0.276 e. The summed E-state index contributed by atoms with van der Waals surface area (Å²) in [5.41, 5.74) is 3.05. The number of H-pyrrole nitrogens is 1. The van der Waals surface area contributed by atoms with E-state index in [0.717, 1.165) is 17.1 Å². The highest BCUT2D eigenvalue weighted by Gasteiger charge is 2.42. The van der Waals surface area contributed by atoms with Gasteiger partial charge in [0.25, 0.3) is 5.56 Å². The van der Waals surface area contributed by atoms with Gasteiger partial charge in [-0.3, -0.25) is 19.7 Å². The van der Waals surface area contributed by atoms with Crippen molar-refractivity contribution in [3.8, 4) is 5.69 Å². The Balaban J connectivity index is 1.80. The zero-order valence-electron chi connectivity index (χ0n) is 16.3. The molecule has 1 aromatic heterocycles. The Labute approximate surface area is 164 Å². The maximum absolute atomic E-state index is 13.3. The van der Waals surface area contributed by atoms with Crippen LogP contribution >= 0.6 is 0 Å². The third kappa shape index (κ3) is 2.91. The summed E-state index contributed by atoms with van der Waals surface area (Å²) in [7, 11) is 0. The van der Waals surface area contributed by atoms with Crippen LogP contribution in [0.5, 0.6) is 0 Å². The second-order valence-electron chi connectivity index (χ2n) is 7.27. The SMILES string of the molecule is CC(=O)N1C(c2c(C)[nH]n(-c3ccccc3)c2=O)CC(C)N1c1ccccc1. The number of hydrazine groups is 1. The quantitative estimate of drug-likeness (QED) is 0.760. The molecule has 3 aromatic rings. The first-order valence-corrected chi connectivity index (χ1v) is 9.50. The molecule has 1 aliphatic heterocycles. The van der Waals surface area contributed by atoms with Gasteiger partial charge in [-0.05, 0) is 44.5 Å². The monoisotopic (exact) mass is 376 g/mol. The molecule has 2 atom stereocenters. The highest BCUT2D eigenvalue weighted by atomic mass is 16.2. The minimum atomic E-state index is -0.304. The fourth-order valence-electron chi connectivity index (χ4n) is 4.17. The summed E-state index contributed by atoms with van der Waals surface area (Å²) in [6.45, 7) is 5.53. The van der Waals surface area contributed by atoms with Crippen LogP contribution in [0.3, 0.4) is 0 Å². The van der Waals surface area contributed by atoms with Gasteiger partial charge in [-0.15, -0.1) is 0 Å². The van der Waals surface area contributed by atoms with Gasteiger partial charge in [0.05, 0.1) is 29.0 Å². The number of anilines is 1. The minimum absolute atomic E-state index is 0.0792. The molecule has 1 saturated heterocycles. The summed E-state index contributed by atoms with van der Waals surface area (Å²) < 4.78 is 1.55. The number of carbonyl (C=O) groups excluding carboxylic acids is 1. The Hall–Kier alpha value is -3.28. The number of nitrogens with zero attached hydrogens (tertiary/aromatic N) is 3. The van der Waals surface area contributed by atoms with Crippen LogP contribution in [0.2, 0.25) is 0 Å².